The van der Waals surface area contributed by atoms with Crippen molar-refractivity contribution in [1.29, 1.82) is 0 Å². The first-order valence-corrected chi connectivity index (χ1v) is 8.43. The third kappa shape index (κ3) is 4.64. The van der Waals surface area contributed by atoms with Crippen molar-refractivity contribution in [3.63, 3.8) is 0 Å². The molecule has 1 aromatic heterocycles. The molecule has 2 N–H and O–H groups in total. The van der Waals surface area contributed by atoms with E-state index in [-0.39, 0.29) is 22.3 Å². The zero-order valence-corrected chi connectivity index (χ0v) is 14.0. The SMILES string of the molecule is COc1cc(CS(=O)(=O)Nc2ncc(Cl)cc2O)cc(OC)c1. The number of nitrogens with one attached hydrogen (secondary N) is 1. The van der Waals surface area contributed by atoms with E-state index >= 15 is 0 Å². The molecule has 1 aromatic carbocycles. The summed E-state index contributed by atoms with van der Waals surface area (Å²) in [6.45, 7) is 0. The lowest BCUT2D eigenvalue weighted by Crippen LogP contribution is -2.16. The van der Waals surface area contributed by atoms with Crippen molar-refractivity contribution in [2.24, 2.45) is 0 Å². The number of nitrogens with zero attached hydrogens (tertiary/aromatic N) is 1. The maximum Gasteiger partial charge on any atom is 0.238 e. The Hall–Kier alpha value is -2.19. The van der Waals surface area contributed by atoms with Gasteiger partial charge in [0.25, 0.3) is 0 Å². The summed E-state index contributed by atoms with van der Waals surface area (Å²) < 4.78 is 36.9. The number of sulfonamides is 1. The first-order chi connectivity index (χ1) is 10.8. The Kier molecular flexibility index (Phi) is 5.17. The molecule has 0 amide bonds. The first-order valence-electron chi connectivity index (χ1n) is 6.40. The normalized spacial score (nSPS) is 11.1. The van der Waals surface area contributed by atoms with Gasteiger partial charge >= 0.3 is 0 Å². The summed E-state index contributed by atoms with van der Waals surface area (Å²) in [5.74, 6) is 0.0576. The summed E-state index contributed by atoms with van der Waals surface area (Å²) in [4.78, 5) is 3.75. The van der Waals surface area contributed by atoms with Crippen molar-refractivity contribution in [3.05, 3.63) is 41.0 Å². The van der Waals surface area contributed by atoms with E-state index in [1.165, 1.54) is 26.5 Å². The summed E-state index contributed by atoms with van der Waals surface area (Å²) in [5.41, 5.74) is 0.460. The Labute approximate surface area is 138 Å². The molecule has 2 aromatic rings. The van der Waals surface area contributed by atoms with Crippen LogP contribution in [0.15, 0.2) is 30.5 Å². The second kappa shape index (κ2) is 6.93. The van der Waals surface area contributed by atoms with Gasteiger partial charge in [-0.1, -0.05) is 11.6 Å². The number of hydrogen-bond acceptors (Lipinski definition) is 6. The minimum absolute atomic E-state index is 0.190. The summed E-state index contributed by atoms with van der Waals surface area (Å²) in [5, 5.41) is 9.87. The molecular weight excluding hydrogens is 344 g/mol. The average molecular weight is 359 g/mol. The van der Waals surface area contributed by atoms with Crippen LogP contribution in [-0.2, 0) is 15.8 Å². The number of benzene rings is 1. The fourth-order valence-electron chi connectivity index (χ4n) is 1.86. The van der Waals surface area contributed by atoms with Crippen LogP contribution < -0.4 is 14.2 Å². The van der Waals surface area contributed by atoms with Crippen LogP contribution in [0.1, 0.15) is 5.56 Å². The fourth-order valence-corrected chi connectivity index (χ4v) is 3.14. The van der Waals surface area contributed by atoms with Gasteiger partial charge < -0.3 is 14.6 Å². The van der Waals surface area contributed by atoms with Gasteiger partial charge in [-0.3, -0.25) is 4.72 Å². The minimum Gasteiger partial charge on any atom is -0.504 e. The maximum atomic E-state index is 12.2. The summed E-state index contributed by atoms with van der Waals surface area (Å²) >= 11 is 5.66. The van der Waals surface area contributed by atoms with Crippen LogP contribution in [0.3, 0.4) is 0 Å². The van der Waals surface area contributed by atoms with Gasteiger partial charge in [0.1, 0.15) is 11.5 Å². The van der Waals surface area contributed by atoms with E-state index in [4.69, 9.17) is 21.1 Å². The van der Waals surface area contributed by atoms with Gasteiger partial charge in [0, 0.05) is 18.3 Å². The maximum absolute atomic E-state index is 12.2. The molecule has 0 radical (unpaired) electrons. The standard InChI is InChI=1S/C14H15ClN2O5S/c1-21-11-3-9(4-12(6-11)22-2)8-23(19,20)17-14-13(18)5-10(15)7-16-14/h3-7,18H,8H2,1-2H3,(H,16,17). The molecule has 0 atom stereocenters. The van der Waals surface area contributed by atoms with Gasteiger partial charge in [-0.25, -0.2) is 13.4 Å². The molecule has 0 bridgehead atoms. The Bertz CT molecular complexity index is 789. The van der Waals surface area contributed by atoms with E-state index in [2.05, 4.69) is 9.71 Å². The van der Waals surface area contributed by atoms with E-state index in [1.54, 1.807) is 18.2 Å². The fraction of sp³-hybridized carbons (Fsp3) is 0.214. The van der Waals surface area contributed by atoms with E-state index in [0.717, 1.165) is 0 Å². The number of halogens is 1. The molecule has 0 spiro atoms. The molecule has 0 aliphatic carbocycles. The molecule has 7 nitrogen and oxygen atoms in total. The van der Waals surface area contributed by atoms with E-state index in [0.29, 0.717) is 17.1 Å². The highest BCUT2D eigenvalue weighted by atomic mass is 35.5. The number of ether oxygens (including phenoxy) is 2. The molecule has 0 aliphatic rings. The minimum atomic E-state index is -3.80. The third-order valence-corrected chi connectivity index (χ3v) is 4.28. The summed E-state index contributed by atoms with van der Waals surface area (Å²) in [6.07, 6.45) is 1.23. The molecule has 0 saturated carbocycles. The van der Waals surface area contributed by atoms with Gasteiger partial charge in [-0.05, 0) is 17.7 Å². The predicted molar refractivity (Wildman–Crippen MR) is 86.7 cm³/mol. The molecule has 1 heterocycles. The van der Waals surface area contributed by atoms with Gasteiger partial charge in [-0.15, -0.1) is 0 Å². The van der Waals surface area contributed by atoms with Crippen molar-refractivity contribution in [2.75, 3.05) is 18.9 Å². The molecule has 0 fully saturated rings. The van der Waals surface area contributed by atoms with Crippen LogP contribution >= 0.6 is 11.6 Å². The quantitative estimate of drug-likeness (QED) is 0.822. The number of aromatic hydroxyl groups is 1. The van der Waals surface area contributed by atoms with Crippen LogP contribution in [0.2, 0.25) is 5.02 Å². The topological polar surface area (TPSA) is 97.8 Å². The van der Waals surface area contributed by atoms with Crippen molar-refractivity contribution in [2.45, 2.75) is 5.75 Å². The average Bonchev–Trinajstić information content (AvgIpc) is 2.49. The lowest BCUT2D eigenvalue weighted by molar-refractivity contribution is 0.393. The van der Waals surface area contributed by atoms with Gasteiger partial charge in [0.05, 0.1) is 25.0 Å². The van der Waals surface area contributed by atoms with Crippen LogP contribution in [0.5, 0.6) is 17.2 Å². The molecule has 0 saturated heterocycles. The smallest absolute Gasteiger partial charge is 0.238 e. The van der Waals surface area contributed by atoms with E-state index in [9.17, 15) is 13.5 Å². The van der Waals surface area contributed by atoms with Crippen molar-refractivity contribution in [3.8, 4) is 17.2 Å². The van der Waals surface area contributed by atoms with E-state index < -0.39 is 10.0 Å². The second-order valence-electron chi connectivity index (χ2n) is 4.60. The zero-order chi connectivity index (χ0) is 17.0. The molecule has 124 valence electrons. The largest absolute Gasteiger partial charge is 0.504 e. The van der Waals surface area contributed by atoms with Crippen LogP contribution in [0.25, 0.3) is 0 Å². The van der Waals surface area contributed by atoms with Crippen LogP contribution in [-0.4, -0.2) is 32.7 Å². The molecule has 23 heavy (non-hydrogen) atoms. The highest BCUT2D eigenvalue weighted by molar-refractivity contribution is 7.91. The second-order valence-corrected chi connectivity index (χ2v) is 6.76. The molecule has 2 rings (SSSR count). The Morgan fingerprint density at radius 2 is 1.78 bits per heavy atom. The lowest BCUT2D eigenvalue weighted by atomic mass is 10.2. The Balaban J connectivity index is 2.24. The number of aromatic nitrogens is 1. The lowest BCUT2D eigenvalue weighted by Gasteiger charge is -2.11. The molecular formula is C14H15ClN2O5S. The molecule has 0 aliphatic heterocycles. The van der Waals surface area contributed by atoms with Gasteiger partial charge in [-0.2, -0.15) is 0 Å². The number of hydrogen-bond donors (Lipinski definition) is 2. The predicted octanol–water partition coefficient (Wildman–Crippen LogP) is 2.40. The van der Waals surface area contributed by atoms with Crippen LogP contribution in [0, 0.1) is 0 Å². The first kappa shape index (κ1) is 17.2. The number of rotatable bonds is 6. The van der Waals surface area contributed by atoms with Gasteiger partial charge in [0.15, 0.2) is 11.6 Å². The number of anilines is 1. The van der Waals surface area contributed by atoms with Crippen molar-refractivity contribution >= 4 is 27.4 Å². The van der Waals surface area contributed by atoms with Crippen LogP contribution in [0.4, 0.5) is 5.82 Å². The Morgan fingerprint density at radius 1 is 1.17 bits per heavy atom. The number of pyridine rings is 1. The third-order valence-electron chi connectivity index (χ3n) is 2.85. The highest BCUT2D eigenvalue weighted by Crippen LogP contribution is 2.27. The summed E-state index contributed by atoms with van der Waals surface area (Å²) in [7, 11) is -0.853. The van der Waals surface area contributed by atoms with E-state index in [1.807, 2.05) is 0 Å². The number of methoxy groups -OCH3 is 2. The van der Waals surface area contributed by atoms with Crippen molar-refractivity contribution in [1.82, 2.24) is 4.98 Å². The van der Waals surface area contributed by atoms with Crippen molar-refractivity contribution < 1.29 is 23.0 Å². The highest BCUT2D eigenvalue weighted by Gasteiger charge is 2.16. The van der Waals surface area contributed by atoms with Gasteiger partial charge in [0.2, 0.25) is 10.0 Å². The molecule has 9 heteroatoms. The Morgan fingerprint density at radius 3 is 2.30 bits per heavy atom. The zero-order valence-electron chi connectivity index (χ0n) is 12.4. The monoisotopic (exact) mass is 358 g/mol. The molecule has 0 unspecified atom stereocenters. The summed E-state index contributed by atoms with van der Waals surface area (Å²) in [6, 6.07) is 5.99.